The van der Waals surface area contributed by atoms with Crippen molar-refractivity contribution in [1.82, 2.24) is 0 Å². The summed E-state index contributed by atoms with van der Waals surface area (Å²) in [6.45, 7) is 0. The summed E-state index contributed by atoms with van der Waals surface area (Å²) >= 11 is 0. The third-order valence-corrected chi connectivity index (χ3v) is 0. The molecule has 6 heavy (non-hydrogen) atoms. The second-order valence-corrected chi connectivity index (χ2v) is 0.136. The summed E-state index contributed by atoms with van der Waals surface area (Å²) in [6.07, 6.45) is 0. The Hall–Kier alpha value is -1.20. The maximum atomic E-state index is 7.88. The zero-order valence-electron chi connectivity index (χ0n) is 2.45. The van der Waals surface area contributed by atoms with Crippen molar-refractivity contribution in [3.63, 3.8) is 0 Å². The molecule has 0 spiro atoms. The van der Waals surface area contributed by atoms with Crippen LogP contribution in [-0.4, -0.2) is 0 Å². The lowest BCUT2D eigenvalue weighted by Gasteiger charge is -1.19. The van der Waals surface area contributed by atoms with E-state index in [4.69, 9.17) is 20.4 Å². The third kappa shape index (κ3) is 6.30. The molecule has 6 heteroatoms. The van der Waals surface area contributed by atoms with Crippen molar-refractivity contribution in [2.75, 3.05) is 0 Å². The van der Waals surface area contributed by atoms with E-state index in [0.717, 1.165) is 0 Å². The molecule has 0 aliphatic rings. The minimum atomic E-state index is 1.75. The molecule has 0 radical (unpaired) electrons. The molecule has 0 N–H and O–H groups in total. The van der Waals surface area contributed by atoms with Crippen LogP contribution >= 0.6 is 0 Å². The van der Waals surface area contributed by atoms with Crippen molar-refractivity contribution in [1.29, 1.82) is 0 Å². The number of hydrogen-bond donors (Lipinski definition) is 0. The second kappa shape index (κ2) is 46.5. The molecule has 6 nitrogen and oxygen atoms in total. The predicted octanol–water partition coefficient (Wildman–Crippen LogP) is -2.24. The molecule has 0 aliphatic heterocycles. The maximum Gasteiger partial charge on any atom is 0.154 e. The van der Waals surface area contributed by atoms with Gasteiger partial charge in [0.05, 0.1) is 0 Å². The van der Waals surface area contributed by atoms with Gasteiger partial charge in [-0.05, 0) is 0 Å². The van der Waals surface area contributed by atoms with Crippen molar-refractivity contribution in [3.05, 3.63) is 19.4 Å². The number of rotatable bonds is 0. The minimum Gasteiger partial charge on any atom is -0.0772 e. The van der Waals surface area contributed by atoms with Crippen molar-refractivity contribution in [2.24, 2.45) is 0 Å². The van der Waals surface area contributed by atoms with Gasteiger partial charge in [0.25, 0.3) is 0 Å². The molecule has 36 valence electrons. The molecule has 0 heterocycles. The molecular weight excluding hydrogens is 96.0 g/mol. The Balaban J connectivity index is 0. The minimum absolute atomic E-state index is 1.75. The summed E-state index contributed by atoms with van der Waals surface area (Å²) in [4.78, 5) is 15.8. The van der Waals surface area contributed by atoms with Crippen LogP contribution in [0.1, 0.15) is 0 Å². The molecule has 0 saturated carbocycles. The Kier molecular flexibility index (Phi) is 68.6. The summed E-state index contributed by atoms with van der Waals surface area (Å²) in [5.41, 5.74) is 0. The van der Waals surface area contributed by atoms with Crippen LogP contribution in [0.15, 0.2) is 0 Å². The Labute approximate surface area is 31.3 Å². The van der Waals surface area contributed by atoms with E-state index in [1.165, 1.54) is 0 Å². The highest BCUT2D eigenvalue weighted by atomic mass is 17.2. The van der Waals surface area contributed by atoms with Gasteiger partial charge in [0.15, 0.2) is 9.49 Å². The molecule has 0 aromatic carbocycles. The average molecular weight is 96.0 g/mol. The summed E-state index contributed by atoms with van der Waals surface area (Å²) in [5.74, 6) is 0. The van der Waals surface area contributed by atoms with Crippen LogP contribution in [0.2, 0.25) is 0 Å². The van der Waals surface area contributed by atoms with Gasteiger partial charge < -0.3 is 0 Å². The van der Waals surface area contributed by atoms with Crippen molar-refractivity contribution in [3.8, 4) is 0 Å². The van der Waals surface area contributed by atoms with E-state index in [9.17, 15) is 0 Å². The van der Waals surface area contributed by atoms with E-state index in [0.29, 0.717) is 0 Å². The number of hydrogen-bond acceptors (Lipinski definition) is 4. The van der Waals surface area contributed by atoms with E-state index in [1.54, 1.807) is 9.49 Å². The van der Waals surface area contributed by atoms with Gasteiger partial charge in [-0.3, -0.25) is 0 Å². The summed E-state index contributed by atoms with van der Waals surface area (Å²) in [5, 5.41) is 15.8. The first kappa shape index (κ1) is 8.84. The lowest BCUT2D eigenvalue weighted by atomic mass is 14.8. The van der Waals surface area contributed by atoms with Crippen LogP contribution in [0.5, 0.6) is 0 Å². The lowest BCUT2D eigenvalue weighted by molar-refractivity contribution is -0.285. The standard InChI is InChI=1S/2O3/c2*1-3-2. The largest absolute Gasteiger partial charge is 0.154 e. The molecule has 0 rings (SSSR count). The van der Waals surface area contributed by atoms with Gasteiger partial charge in [-0.25, -0.2) is 0 Å². The topological polar surface area (TPSA) is 103 Å². The van der Waals surface area contributed by atoms with Crippen LogP contribution in [0.25, 0.3) is 0 Å². The van der Waals surface area contributed by atoms with Gasteiger partial charge in [-0.15, -0.1) is 0 Å². The fourth-order valence-corrected chi connectivity index (χ4v) is 0. The van der Waals surface area contributed by atoms with Crippen LogP contribution in [0.3, 0.4) is 0 Å². The molecular formula is O6. The molecule has 0 unspecified atom stereocenters. The summed E-state index contributed by atoms with van der Waals surface area (Å²) < 4.78 is 3.50. The fourth-order valence-electron chi connectivity index (χ4n) is 0. The lowest BCUT2D eigenvalue weighted by Crippen LogP contribution is -1.82. The highest BCUT2D eigenvalue weighted by Gasteiger charge is 1.27. The monoisotopic (exact) mass is 96.0 g/mol. The Bertz CT molecular complexity index is 21.0. The van der Waals surface area contributed by atoms with E-state index in [2.05, 4.69) is 0 Å². The van der Waals surface area contributed by atoms with Crippen molar-refractivity contribution in [2.45, 2.75) is 0 Å². The zero-order valence-corrected chi connectivity index (χ0v) is 2.45. The normalized spacial score (nSPS) is 4.00. The molecule has 0 aromatic rings. The highest BCUT2D eigenvalue weighted by molar-refractivity contribution is 4.21. The van der Waals surface area contributed by atoms with Crippen molar-refractivity contribution >= 4 is 0 Å². The second-order valence-electron chi connectivity index (χ2n) is 0.136. The average Bonchev–Trinajstić information content (AvgIpc) is 1.39. The smallest absolute Gasteiger partial charge is 0.0772 e. The molecule has 0 saturated heterocycles. The summed E-state index contributed by atoms with van der Waals surface area (Å²) in [6, 6.07) is 0. The SMILES string of the molecule is O=[O+][O-].O=[O+][O-]. The van der Waals surface area contributed by atoms with Crippen LogP contribution in [0.4, 0.5) is 0 Å². The maximum absolute atomic E-state index is 7.88. The fraction of sp³-hybridized carbons (Fsp3) is 0. The van der Waals surface area contributed by atoms with E-state index in [1.807, 2.05) is 0 Å². The van der Waals surface area contributed by atoms with Gasteiger partial charge >= 0.3 is 0 Å². The van der Waals surface area contributed by atoms with Gasteiger partial charge in [-0.1, -0.05) is 20.4 Å². The van der Waals surface area contributed by atoms with Gasteiger partial charge in [0, 0.05) is 0 Å². The Morgan fingerprint density at radius 1 is 1.00 bits per heavy atom. The van der Waals surface area contributed by atoms with Gasteiger partial charge in [0.2, 0.25) is 0 Å². The first-order valence-electron chi connectivity index (χ1n) is 0.667. The molecule has 0 atom stereocenters. The summed E-state index contributed by atoms with van der Waals surface area (Å²) in [7, 11) is 0. The first-order valence-corrected chi connectivity index (χ1v) is 0.667. The van der Waals surface area contributed by atoms with E-state index < -0.39 is 0 Å². The van der Waals surface area contributed by atoms with E-state index >= 15 is 0 Å². The third-order valence-electron chi connectivity index (χ3n) is 0. The highest BCUT2D eigenvalue weighted by Crippen LogP contribution is 1.01. The molecule has 0 aliphatic carbocycles. The first-order chi connectivity index (χ1) is 2.83. The van der Waals surface area contributed by atoms with Gasteiger partial charge in [0.1, 0.15) is 0 Å². The van der Waals surface area contributed by atoms with Crippen LogP contribution < -0.4 is 10.5 Å². The van der Waals surface area contributed by atoms with Gasteiger partial charge in [-0.2, -0.15) is 0 Å². The van der Waals surface area contributed by atoms with Crippen molar-refractivity contribution < 1.29 is 10.5 Å². The van der Waals surface area contributed by atoms with Crippen LogP contribution in [-0.2, 0) is 0 Å². The molecule has 0 bridgehead atoms. The molecule has 0 aromatic heterocycles. The Morgan fingerprint density at radius 3 is 1.00 bits per heavy atom. The Morgan fingerprint density at radius 2 is 1.00 bits per heavy atom. The predicted molar refractivity (Wildman–Crippen MR) is 13.5 cm³/mol. The molecule has 0 amide bonds. The molecule has 0 fully saturated rings. The zero-order chi connectivity index (χ0) is 5.41. The quantitative estimate of drug-likeness (QED) is 0.193. The van der Waals surface area contributed by atoms with E-state index in [-0.39, 0.29) is 0 Å². The van der Waals surface area contributed by atoms with Crippen LogP contribution in [0, 0.1) is 19.4 Å².